The van der Waals surface area contributed by atoms with Gasteiger partial charge in [-0.3, -0.25) is 4.79 Å². The van der Waals surface area contributed by atoms with Crippen LogP contribution in [0.25, 0.3) is 11.0 Å². The first-order valence-corrected chi connectivity index (χ1v) is 7.21. The highest BCUT2D eigenvalue weighted by Crippen LogP contribution is 2.25. The Labute approximate surface area is 125 Å². The highest BCUT2D eigenvalue weighted by atomic mass is 16.4. The lowest BCUT2D eigenvalue weighted by Crippen LogP contribution is -2.29. The second kappa shape index (κ2) is 5.85. The Morgan fingerprint density at radius 1 is 1.48 bits per heavy atom. The molecule has 2 aromatic rings. The molecule has 2 heterocycles. The van der Waals surface area contributed by atoms with Crippen LogP contribution in [0.1, 0.15) is 33.3 Å². The van der Waals surface area contributed by atoms with Gasteiger partial charge in [-0.05, 0) is 31.5 Å². The first kappa shape index (κ1) is 15.5. The molecular formula is C16H23N3O2. The van der Waals surface area contributed by atoms with E-state index in [0.717, 1.165) is 23.1 Å². The summed E-state index contributed by atoms with van der Waals surface area (Å²) in [5.41, 5.74) is 1.16. The van der Waals surface area contributed by atoms with Crippen molar-refractivity contribution in [2.45, 2.75) is 46.8 Å². The lowest BCUT2D eigenvalue weighted by Gasteiger charge is -2.20. The van der Waals surface area contributed by atoms with Gasteiger partial charge >= 0.3 is 5.97 Å². The molecule has 21 heavy (non-hydrogen) atoms. The summed E-state index contributed by atoms with van der Waals surface area (Å²) >= 11 is 0. The lowest BCUT2D eigenvalue weighted by atomic mass is 9.94. The van der Waals surface area contributed by atoms with Gasteiger partial charge in [-0.1, -0.05) is 13.8 Å². The molecule has 2 aromatic heterocycles. The zero-order chi connectivity index (χ0) is 15.6. The smallest absolute Gasteiger partial charge is 0.310 e. The van der Waals surface area contributed by atoms with Crippen LogP contribution >= 0.6 is 0 Å². The van der Waals surface area contributed by atoms with E-state index < -0.39 is 11.4 Å². The zero-order valence-electron chi connectivity index (χ0n) is 13.1. The summed E-state index contributed by atoms with van der Waals surface area (Å²) in [6.07, 6.45) is 3.75. The molecule has 0 amide bonds. The van der Waals surface area contributed by atoms with E-state index in [9.17, 15) is 9.90 Å². The van der Waals surface area contributed by atoms with Gasteiger partial charge in [-0.15, -0.1) is 0 Å². The molecule has 0 saturated heterocycles. The number of fused-ring (bicyclic) bond motifs is 1. The molecule has 0 bridgehead atoms. The van der Waals surface area contributed by atoms with Crippen molar-refractivity contribution in [1.82, 2.24) is 14.9 Å². The third-order valence-electron chi connectivity index (χ3n) is 3.56. The van der Waals surface area contributed by atoms with E-state index in [2.05, 4.69) is 24.1 Å². The fourth-order valence-corrected chi connectivity index (χ4v) is 2.26. The van der Waals surface area contributed by atoms with Crippen LogP contribution < -0.4 is 5.32 Å². The van der Waals surface area contributed by atoms with E-state index in [4.69, 9.17) is 0 Å². The average molecular weight is 289 g/mol. The molecule has 2 rings (SSSR count). The molecule has 5 heteroatoms. The van der Waals surface area contributed by atoms with Crippen molar-refractivity contribution in [3.8, 4) is 0 Å². The summed E-state index contributed by atoms with van der Waals surface area (Å²) in [5, 5.41) is 13.8. The summed E-state index contributed by atoms with van der Waals surface area (Å²) in [4.78, 5) is 15.8. The van der Waals surface area contributed by atoms with Crippen LogP contribution in [-0.4, -0.2) is 26.7 Å². The van der Waals surface area contributed by atoms with Crippen molar-refractivity contribution in [2.75, 3.05) is 0 Å². The molecule has 0 saturated carbocycles. The third-order valence-corrected chi connectivity index (χ3v) is 3.56. The number of rotatable bonds is 6. The Morgan fingerprint density at radius 2 is 2.19 bits per heavy atom. The SMILES string of the molecule is CC(C)NCc1cn(CC(C)(C)C(=O)O)c2ncccc12. The highest BCUT2D eigenvalue weighted by Gasteiger charge is 2.28. The Kier molecular flexibility index (Phi) is 4.32. The van der Waals surface area contributed by atoms with Gasteiger partial charge in [0.15, 0.2) is 0 Å². The number of hydrogen-bond donors (Lipinski definition) is 2. The van der Waals surface area contributed by atoms with Gasteiger partial charge in [0.2, 0.25) is 0 Å². The number of pyridine rings is 1. The van der Waals surface area contributed by atoms with E-state index in [1.165, 1.54) is 0 Å². The Hall–Kier alpha value is -1.88. The van der Waals surface area contributed by atoms with Crippen LogP contribution in [0.3, 0.4) is 0 Å². The summed E-state index contributed by atoms with van der Waals surface area (Å²) < 4.78 is 1.95. The minimum absolute atomic E-state index is 0.399. The fourth-order valence-electron chi connectivity index (χ4n) is 2.26. The maximum atomic E-state index is 11.3. The van der Waals surface area contributed by atoms with Gasteiger partial charge in [-0.25, -0.2) is 4.98 Å². The molecule has 0 aromatic carbocycles. The summed E-state index contributed by atoms with van der Waals surface area (Å²) in [6.45, 7) is 8.82. The molecule has 0 aliphatic rings. The predicted molar refractivity (Wildman–Crippen MR) is 83.1 cm³/mol. The van der Waals surface area contributed by atoms with Crippen LogP contribution in [0.4, 0.5) is 0 Å². The molecule has 114 valence electrons. The summed E-state index contributed by atoms with van der Waals surface area (Å²) in [7, 11) is 0. The normalized spacial score (nSPS) is 12.2. The van der Waals surface area contributed by atoms with E-state index in [-0.39, 0.29) is 0 Å². The summed E-state index contributed by atoms with van der Waals surface area (Å²) in [5.74, 6) is -0.804. The second-order valence-electron chi connectivity index (χ2n) is 6.38. The van der Waals surface area contributed by atoms with Gasteiger partial charge in [0.25, 0.3) is 0 Å². The Bertz CT molecular complexity index is 644. The van der Waals surface area contributed by atoms with E-state index in [1.54, 1.807) is 20.0 Å². The number of carboxylic acid groups (broad SMARTS) is 1. The number of carbonyl (C=O) groups is 1. The lowest BCUT2D eigenvalue weighted by molar-refractivity contribution is -0.147. The van der Waals surface area contributed by atoms with Gasteiger partial charge in [0.05, 0.1) is 5.41 Å². The minimum atomic E-state index is -0.827. The third kappa shape index (κ3) is 3.42. The molecule has 2 N–H and O–H groups in total. The van der Waals surface area contributed by atoms with Crippen LogP contribution in [-0.2, 0) is 17.9 Å². The van der Waals surface area contributed by atoms with Crippen molar-refractivity contribution >= 4 is 17.0 Å². The summed E-state index contributed by atoms with van der Waals surface area (Å²) in [6, 6.07) is 4.34. The molecule has 0 aliphatic carbocycles. The Balaban J connectivity index is 2.38. The molecule has 0 atom stereocenters. The average Bonchev–Trinajstić information content (AvgIpc) is 2.74. The molecule has 0 radical (unpaired) electrons. The van der Waals surface area contributed by atoms with E-state index in [1.807, 2.05) is 22.9 Å². The number of nitrogens with one attached hydrogen (secondary N) is 1. The van der Waals surface area contributed by atoms with Crippen molar-refractivity contribution in [2.24, 2.45) is 5.41 Å². The number of carboxylic acids is 1. The van der Waals surface area contributed by atoms with Crippen molar-refractivity contribution in [3.63, 3.8) is 0 Å². The molecular weight excluding hydrogens is 266 g/mol. The quantitative estimate of drug-likeness (QED) is 0.858. The van der Waals surface area contributed by atoms with Crippen LogP contribution in [0, 0.1) is 5.41 Å². The molecule has 0 aliphatic heterocycles. The van der Waals surface area contributed by atoms with Gasteiger partial charge in [0.1, 0.15) is 5.65 Å². The van der Waals surface area contributed by atoms with Gasteiger partial charge in [0, 0.05) is 36.9 Å². The number of aromatic nitrogens is 2. The largest absolute Gasteiger partial charge is 0.481 e. The molecule has 0 spiro atoms. The monoisotopic (exact) mass is 289 g/mol. The van der Waals surface area contributed by atoms with Crippen molar-refractivity contribution in [1.29, 1.82) is 0 Å². The first-order valence-electron chi connectivity index (χ1n) is 7.21. The number of nitrogens with zero attached hydrogens (tertiary/aromatic N) is 2. The second-order valence-corrected chi connectivity index (χ2v) is 6.38. The van der Waals surface area contributed by atoms with Crippen LogP contribution in [0.15, 0.2) is 24.5 Å². The highest BCUT2D eigenvalue weighted by molar-refractivity contribution is 5.81. The van der Waals surface area contributed by atoms with Crippen LogP contribution in [0.2, 0.25) is 0 Å². The maximum Gasteiger partial charge on any atom is 0.310 e. The van der Waals surface area contributed by atoms with Crippen molar-refractivity contribution in [3.05, 3.63) is 30.1 Å². The maximum absolute atomic E-state index is 11.3. The first-order chi connectivity index (χ1) is 9.81. The standard InChI is InChI=1S/C16H23N3O2/c1-11(2)18-8-12-9-19(10-16(3,4)15(20)21)14-13(12)6-5-7-17-14/h5-7,9,11,18H,8,10H2,1-4H3,(H,20,21). The van der Waals surface area contributed by atoms with Gasteiger partial charge < -0.3 is 15.0 Å². The van der Waals surface area contributed by atoms with Crippen LogP contribution in [0.5, 0.6) is 0 Å². The number of aliphatic carboxylic acids is 1. The predicted octanol–water partition coefficient (Wildman–Crippen LogP) is 2.65. The fraction of sp³-hybridized carbons (Fsp3) is 0.500. The zero-order valence-corrected chi connectivity index (χ0v) is 13.1. The van der Waals surface area contributed by atoms with E-state index in [0.29, 0.717) is 12.6 Å². The topological polar surface area (TPSA) is 67.2 Å². The Morgan fingerprint density at radius 3 is 2.81 bits per heavy atom. The molecule has 0 unspecified atom stereocenters. The van der Waals surface area contributed by atoms with E-state index >= 15 is 0 Å². The van der Waals surface area contributed by atoms with Crippen molar-refractivity contribution < 1.29 is 9.90 Å². The molecule has 0 fully saturated rings. The molecule has 5 nitrogen and oxygen atoms in total. The minimum Gasteiger partial charge on any atom is -0.481 e. The van der Waals surface area contributed by atoms with Gasteiger partial charge in [-0.2, -0.15) is 0 Å². The number of hydrogen-bond acceptors (Lipinski definition) is 3.